The molecule has 0 aliphatic carbocycles. The third kappa shape index (κ3) is 2.96. The molecule has 0 aromatic carbocycles. The quantitative estimate of drug-likeness (QED) is 0.399. The molecule has 1 aromatic rings. The molecule has 12 heavy (non-hydrogen) atoms. The van der Waals surface area contributed by atoms with Gasteiger partial charge >= 0.3 is 29.6 Å². The van der Waals surface area contributed by atoms with Crippen LogP contribution in [0, 0.1) is 0 Å². The molecule has 0 unspecified atom stereocenters. The van der Waals surface area contributed by atoms with E-state index < -0.39 is 15.0 Å². The summed E-state index contributed by atoms with van der Waals surface area (Å²) in [4.78, 5) is 6.25. The molecule has 1 heterocycles. The molecular formula is C4H4ClN2NaO3S. The molecule has 5 nitrogen and oxygen atoms in total. The van der Waals surface area contributed by atoms with Gasteiger partial charge in [-0.3, -0.25) is 4.55 Å². The fourth-order valence-electron chi connectivity index (χ4n) is 0.475. The SMILES string of the molecule is O=S(=O)(O)c1cncnc1Cl.[NaH]. The first-order valence-corrected chi connectivity index (χ1v) is 4.26. The van der Waals surface area contributed by atoms with Crippen LogP contribution in [0.4, 0.5) is 0 Å². The Morgan fingerprint density at radius 2 is 2.08 bits per heavy atom. The Hall–Kier alpha value is 0.280. The molecule has 1 rings (SSSR count). The Morgan fingerprint density at radius 1 is 1.50 bits per heavy atom. The topological polar surface area (TPSA) is 80.2 Å². The summed E-state index contributed by atoms with van der Waals surface area (Å²) in [5, 5.41) is -0.289. The van der Waals surface area contributed by atoms with Gasteiger partial charge in [0.25, 0.3) is 10.1 Å². The Kier molecular flexibility index (Phi) is 4.60. The Labute approximate surface area is 96.2 Å². The Morgan fingerprint density at radius 3 is 2.42 bits per heavy atom. The van der Waals surface area contributed by atoms with Crippen LogP contribution >= 0.6 is 11.6 Å². The summed E-state index contributed by atoms with van der Waals surface area (Å²) in [5.41, 5.74) is 0. The van der Waals surface area contributed by atoms with E-state index in [1.54, 1.807) is 0 Å². The summed E-state index contributed by atoms with van der Waals surface area (Å²) in [6, 6.07) is 0. The molecule has 8 heteroatoms. The summed E-state index contributed by atoms with van der Waals surface area (Å²) in [7, 11) is -4.29. The fourth-order valence-corrected chi connectivity index (χ4v) is 1.32. The molecular weight excluding hydrogens is 215 g/mol. The number of halogens is 1. The molecule has 62 valence electrons. The average molecular weight is 219 g/mol. The summed E-state index contributed by atoms with van der Waals surface area (Å²) >= 11 is 5.32. The zero-order chi connectivity index (χ0) is 8.48. The molecule has 0 spiro atoms. The van der Waals surface area contributed by atoms with Gasteiger partial charge in [0.2, 0.25) is 0 Å². The van der Waals surface area contributed by atoms with Gasteiger partial charge in [-0.15, -0.1) is 0 Å². The molecule has 1 aromatic heterocycles. The predicted molar refractivity (Wildman–Crippen MR) is 44.0 cm³/mol. The van der Waals surface area contributed by atoms with E-state index in [4.69, 9.17) is 16.2 Å². The normalized spacial score (nSPS) is 10.5. The van der Waals surface area contributed by atoms with Gasteiger partial charge in [0.05, 0.1) is 6.20 Å². The van der Waals surface area contributed by atoms with Gasteiger partial charge in [-0.2, -0.15) is 8.42 Å². The maximum absolute atomic E-state index is 10.4. The predicted octanol–water partition coefficient (Wildman–Crippen LogP) is -0.272. The summed E-state index contributed by atoms with van der Waals surface area (Å²) in [5.74, 6) is 0. The van der Waals surface area contributed by atoms with Crippen LogP contribution in [0.25, 0.3) is 0 Å². The second-order valence-electron chi connectivity index (χ2n) is 1.65. The molecule has 0 atom stereocenters. The van der Waals surface area contributed by atoms with Crippen LogP contribution in [0.15, 0.2) is 17.4 Å². The van der Waals surface area contributed by atoms with Gasteiger partial charge in [-0.05, 0) is 0 Å². The fraction of sp³-hybridized carbons (Fsp3) is 0. The van der Waals surface area contributed by atoms with E-state index in [1.165, 1.54) is 0 Å². The first kappa shape index (κ1) is 12.3. The first-order chi connectivity index (χ1) is 5.02. The molecule has 0 bridgehead atoms. The van der Waals surface area contributed by atoms with Crippen LogP contribution in [0.1, 0.15) is 0 Å². The molecule has 0 amide bonds. The molecule has 0 saturated heterocycles. The van der Waals surface area contributed by atoms with Crippen molar-refractivity contribution < 1.29 is 13.0 Å². The number of rotatable bonds is 1. The molecule has 0 radical (unpaired) electrons. The van der Waals surface area contributed by atoms with Crippen LogP contribution in [-0.2, 0) is 10.1 Å². The van der Waals surface area contributed by atoms with Crippen molar-refractivity contribution in [2.75, 3.05) is 0 Å². The summed E-state index contributed by atoms with van der Waals surface area (Å²) < 4.78 is 29.4. The molecule has 0 saturated carbocycles. The van der Waals surface area contributed by atoms with Crippen molar-refractivity contribution in [2.24, 2.45) is 0 Å². The van der Waals surface area contributed by atoms with E-state index in [0.29, 0.717) is 0 Å². The van der Waals surface area contributed by atoms with Crippen molar-refractivity contribution in [3.05, 3.63) is 17.7 Å². The maximum atomic E-state index is 10.4. The minimum absolute atomic E-state index is 0. The zero-order valence-electron chi connectivity index (χ0n) is 5.10. The van der Waals surface area contributed by atoms with E-state index >= 15 is 0 Å². The van der Waals surface area contributed by atoms with Crippen LogP contribution in [0.5, 0.6) is 0 Å². The number of nitrogens with zero attached hydrogens (tertiary/aromatic N) is 2. The number of hydrogen-bond acceptors (Lipinski definition) is 4. The van der Waals surface area contributed by atoms with Crippen molar-refractivity contribution in [2.45, 2.75) is 4.90 Å². The molecule has 0 aliphatic heterocycles. The number of aromatic nitrogens is 2. The van der Waals surface area contributed by atoms with Crippen LogP contribution in [0.2, 0.25) is 5.15 Å². The second kappa shape index (κ2) is 4.50. The minimum atomic E-state index is -4.29. The molecule has 0 fully saturated rings. The average Bonchev–Trinajstić information content (AvgIpc) is 1.86. The van der Waals surface area contributed by atoms with E-state index in [1.807, 2.05) is 0 Å². The van der Waals surface area contributed by atoms with Crippen molar-refractivity contribution in [1.29, 1.82) is 0 Å². The second-order valence-corrected chi connectivity index (χ2v) is 3.40. The zero-order valence-corrected chi connectivity index (χ0v) is 6.67. The van der Waals surface area contributed by atoms with Crippen molar-refractivity contribution >= 4 is 51.3 Å². The number of hydrogen-bond donors (Lipinski definition) is 1. The van der Waals surface area contributed by atoms with E-state index in [2.05, 4.69) is 9.97 Å². The summed E-state index contributed by atoms with van der Waals surface area (Å²) in [6.07, 6.45) is 2.00. The summed E-state index contributed by atoms with van der Waals surface area (Å²) in [6.45, 7) is 0. The van der Waals surface area contributed by atoms with Gasteiger partial charge in [0.1, 0.15) is 11.2 Å². The standard InChI is InChI=1S/C4H3ClN2O3S.Na.H/c5-4-3(11(8,9)10)1-6-2-7-4;;/h1-2H,(H,8,9,10);;. The van der Waals surface area contributed by atoms with Crippen LogP contribution in [0.3, 0.4) is 0 Å². The van der Waals surface area contributed by atoms with E-state index in [0.717, 1.165) is 12.5 Å². The van der Waals surface area contributed by atoms with Crippen molar-refractivity contribution in [3.63, 3.8) is 0 Å². The molecule has 1 N–H and O–H groups in total. The van der Waals surface area contributed by atoms with Crippen LogP contribution in [-0.4, -0.2) is 52.5 Å². The first-order valence-electron chi connectivity index (χ1n) is 2.45. The van der Waals surface area contributed by atoms with Gasteiger partial charge in [0, 0.05) is 0 Å². The van der Waals surface area contributed by atoms with Crippen LogP contribution < -0.4 is 0 Å². The van der Waals surface area contributed by atoms with Gasteiger partial charge in [0.15, 0.2) is 5.15 Å². The van der Waals surface area contributed by atoms with Crippen molar-refractivity contribution in [1.82, 2.24) is 9.97 Å². The Bertz CT molecular complexity index is 368. The monoisotopic (exact) mass is 218 g/mol. The third-order valence-corrected chi connectivity index (χ3v) is 2.18. The Balaban J connectivity index is 0.00000121. The van der Waals surface area contributed by atoms with Gasteiger partial charge in [-0.25, -0.2) is 9.97 Å². The van der Waals surface area contributed by atoms with E-state index in [-0.39, 0.29) is 34.7 Å². The van der Waals surface area contributed by atoms with Gasteiger partial charge < -0.3 is 0 Å². The van der Waals surface area contributed by atoms with Crippen molar-refractivity contribution in [3.8, 4) is 0 Å². The van der Waals surface area contributed by atoms with E-state index in [9.17, 15) is 8.42 Å². The molecule has 0 aliphatic rings. The third-order valence-electron chi connectivity index (χ3n) is 0.911. The van der Waals surface area contributed by atoms with Gasteiger partial charge in [-0.1, -0.05) is 11.6 Å².